The topological polar surface area (TPSA) is 64.4 Å². The van der Waals surface area contributed by atoms with Gasteiger partial charge in [0.15, 0.2) is 0 Å². The molecule has 2 atom stereocenters. The van der Waals surface area contributed by atoms with Crippen molar-refractivity contribution in [3.8, 4) is 5.75 Å². The Morgan fingerprint density at radius 3 is 2.74 bits per heavy atom. The molecule has 1 aromatic carbocycles. The third-order valence-electron chi connectivity index (χ3n) is 3.73. The summed E-state index contributed by atoms with van der Waals surface area (Å²) in [4.78, 5) is 10.4. The van der Waals surface area contributed by atoms with Crippen molar-refractivity contribution in [1.82, 2.24) is 5.32 Å². The Balaban J connectivity index is 2.10. The fourth-order valence-corrected chi connectivity index (χ4v) is 2.65. The van der Waals surface area contributed by atoms with E-state index in [-0.39, 0.29) is 16.7 Å². The summed E-state index contributed by atoms with van der Waals surface area (Å²) in [6.45, 7) is 1.74. The van der Waals surface area contributed by atoms with Crippen molar-refractivity contribution >= 4 is 5.69 Å². The summed E-state index contributed by atoms with van der Waals surface area (Å²) >= 11 is 0. The molecule has 0 spiro atoms. The van der Waals surface area contributed by atoms with E-state index in [1.165, 1.54) is 18.9 Å². The number of aryl methyl sites for hydroxylation is 1. The van der Waals surface area contributed by atoms with E-state index < -0.39 is 0 Å². The largest absolute Gasteiger partial charge is 0.489 e. The molecule has 2 unspecified atom stereocenters. The van der Waals surface area contributed by atoms with Crippen LogP contribution in [-0.4, -0.2) is 24.1 Å². The molecule has 104 valence electrons. The highest BCUT2D eigenvalue weighted by Crippen LogP contribution is 2.27. The standard InChI is InChI=1S/C14H20N2O3/c1-10-9-11(7-8-13(10)16(17)18)19-14-6-4-3-5-12(14)15-2/h7-9,12,14-15H,3-6H2,1-2H3. The smallest absolute Gasteiger partial charge is 0.272 e. The normalized spacial score (nSPS) is 23.1. The van der Waals surface area contributed by atoms with Crippen LogP contribution in [0.15, 0.2) is 18.2 Å². The van der Waals surface area contributed by atoms with E-state index in [0.717, 1.165) is 18.6 Å². The minimum absolute atomic E-state index is 0.140. The Labute approximate surface area is 113 Å². The maximum Gasteiger partial charge on any atom is 0.272 e. The molecule has 0 heterocycles. The number of ether oxygens (including phenoxy) is 1. The lowest BCUT2D eigenvalue weighted by Gasteiger charge is -2.31. The summed E-state index contributed by atoms with van der Waals surface area (Å²) in [5.74, 6) is 0.718. The number of hydrogen-bond acceptors (Lipinski definition) is 4. The average molecular weight is 264 g/mol. The van der Waals surface area contributed by atoms with Gasteiger partial charge < -0.3 is 10.1 Å². The van der Waals surface area contributed by atoms with Gasteiger partial charge in [-0.1, -0.05) is 6.42 Å². The first-order chi connectivity index (χ1) is 9.11. The molecule has 0 saturated heterocycles. The lowest BCUT2D eigenvalue weighted by molar-refractivity contribution is -0.385. The summed E-state index contributed by atoms with van der Waals surface area (Å²) in [6.07, 6.45) is 4.70. The molecule has 1 aliphatic carbocycles. The van der Waals surface area contributed by atoms with Gasteiger partial charge in [0.25, 0.3) is 5.69 Å². The van der Waals surface area contributed by atoms with Gasteiger partial charge in [-0.15, -0.1) is 0 Å². The van der Waals surface area contributed by atoms with Crippen LogP contribution in [0.5, 0.6) is 5.75 Å². The average Bonchev–Trinajstić information content (AvgIpc) is 2.39. The molecule has 0 aromatic heterocycles. The van der Waals surface area contributed by atoms with Gasteiger partial charge in [-0.25, -0.2) is 0 Å². The number of nitro groups is 1. The highest BCUT2D eigenvalue weighted by molar-refractivity contribution is 5.44. The molecule has 5 heteroatoms. The van der Waals surface area contributed by atoms with Crippen LogP contribution in [0.2, 0.25) is 0 Å². The Morgan fingerprint density at radius 1 is 1.37 bits per heavy atom. The zero-order valence-electron chi connectivity index (χ0n) is 11.4. The van der Waals surface area contributed by atoms with Gasteiger partial charge in [0.05, 0.1) is 4.92 Å². The third kappa shape index (κ3) is 3.23. The fraction of sp³-hybridized carbons (Fsp3) is 0.571. The van der Waals surface area contributed by atoms with Crippen molar-refractivity contribution < 1.29 is 9.66 Å². The van der Waals surface area contributed by atoms with Gasteiger partial charge >= 0.3 is 0 Å². The molecule has 2 rings (SSSR count). The van der Waals surface area contributed by atoms with E-state index in [1.807, 2.05) is 7.05 Å². The molecule has 0 amide bonds. The van der Waals surface area contributed by atoms with Gasteiger partial charge in [-0.2, -0.15) is 0 Å². The minimum atomic E-state index is -0.365. The van der Waals surface area contributed by atoms with Crippen molar-refractivity contribution in [1.29, 1.82) is 0 Å². The third-order valence-corrected chi connectivity index (χ3v) is 3.73. The van der Waals surface area contributed by atoms with Crippen molar-refractivity contribution in [2.75, 3.05) is 7.05 Å². The Kier molecular flexibility index (Phi) is 4.37. The molecule has 0 radical (unpaired) electrons. The van der Waals surface area contributed by atoms with E-state index >= 15 is 0 Å². The molecule has 5 nitrogen and oxygen atoms in total. The zero-order valence-corrected chi connectivity index (χ0v) is 11.4. The van der Waals surface area contributed by atoms with Crippen LogP contribution in [0.4, 0.5) is 5.69 Å². The van der Waals surface area contributed by atoms with Crippen LogP contribution in [0.25, 0.3) is 0 Å². The second-order valence-corrected chi connectivity index (χ2v) is 5.04. The Hall–Kier alpha value is -1.62. The maximum absolute atomic E-state index is 10.8. The SMILES string of the molecule is CNC1CCCCC1Oc1ccc([N+](=O)[O-])c(C)c1. The van der Waals surface area contributed by atoms with Gasteiger partial charge in [0, 0.05) is 17.7 Å². The van der Waals surface area contributed by atoms with E-state index in [9.17, 15) is 10.1 Å². The predicted octanol–water partition coefficient (Wildman–Crippen LogP) is 2.81. The first kappa shape index (κ1) is 13.8. The second-order valence-electron chi connectivity index (χ2n) is 5.04. The molecule has 0 aliphatic heterocycles. The first-order valence-electron chi connectivity index (χ1n) is 6.71. The molecule has 19 heavy (non-hydrogen) atoms. The Morgan fingerprint density at radius 2 is 2.11 bits per heavy atom. The van der Waals surface area contributed by atoms with E-state index in [0.29, 0.717) is 11.6 Å². The number of rotatable bonds is 4. The molecule has 1 saturated carbocycles. The fourth-order valence-electron chi connectivity index (χ4n) is 2.65. The summed E-state index contributed by atoms with van der Waals surface area (Å²) in [5, 5.41) is 14.1. The molecule has 1 N–H and O–H groups in total. The molecular weight excluding hydrogens is 244 g/mol. The quantitative estimate of drug-likeness (QED) is 0.671. The van der Waals surface area contributed by atoms with Crippen LogP contribution >= 0.6 is 0 Å². The summed E-state index contributed by atoms with van der Waals surface area (Å²) in [6, 6.07) is 5.32. The monoisotopic (exact) mass is 264 g/mol. The number of benzene rings is 1. The second kappa shape index (κ2) is 6.02. The number of likely N-dealkylation sites (N-methyl/N-ethyl adjacent to an activating group) is 1. The number of nitrogens with zero attached hydrogens (tertiary/aromatic N) is 1. The zero-order chi connectivity index (χ0) is 13.8. The first-order valence-corrected chi connectivity index (χ1v) is 6.71. The van der Waals surface area contributed by atoms with Crippen LogP contribution in [0, 0.1) is 17.0 Å². The lowest BCUT2D eigenvalue weighted by Crippen LogP contribution is -2.43. The predicted molar refractivity (Wildman–Crippen MR) is 73.6 cm³/mol. The highest BCUT2D eigenvalue weighted by Gasteiger charge is 2.25. The molecule has 1 aliphatic rings. The van der Waals surface area contributed by atoms with E-state index in [1.54, 1.807) is 19.1 Å². The van der Waals surface area contributed by atoms with Crippen molar-refractivity contribution in [3.63, 3.8) is 0 Å². The highest BCUT2D eigenvalue weighted by atomic mass is 16.6. The van der Waals surface area contributed by atoms with Crippen molar-refractivity contribution in [2.24, 2.45) is 0 Å². The van der Waals surface area contributed by atoms with E-state index in [4.69, 9.17) is 4.74 Å². The number of hydrogen-bond donors (Lipinski definition) is 1. The summed E-state index contributed by atoms with van der Waals surface area (Å²) in [5.41, 5.74) is 0.778. The number of nitro benzene ring substituents is 1. The van der Waals surface area contributed by atoms with Crippen LogP contribution < -0.4 is 10.1 Å². The summed E-state index contributed by atoms with van der Waals surface area (Å²) < 4.78 is 5.99. The molecule has 1 aromatic rings. The van der Waals surface area contributed by atoms with Crippen molar-refractivity contribution in [2.45, 2.75) is 44.8 Å². The van der Waals surface area contributed by atoms with Gasteiger partial charge in [0.1, 0.15) is 11.9 Å². The minimum Gasteiger partial charge on any atom is -0.489 e. The Bertz CT molecular complexity index is 462. The van der Waals surface area contributed by atoms with Crippen molar-refractivity contribution in [3.05, 3.63) is 33.9 Å². The van der Waals surface area contributed by atoms with Gasteiger partial charge in [0.2, 0.25) is 0 Å². The van der Waals surface area contributed by atoms with Crippen LogP contribution in [0.1, 0.15) is 31.2 Å². The molecule has 1 fully saturated rings. The van der Waals surface area contributed by atoms with Gasteiger partial charge in [-0.05, 0) is 45.4 Å². The maximum atomic E-state index is 10.8. The van der Waals surface area contributed by atoms with Gasteiger partial charge in [-0.3, -0.25) is 10.1 Å². The molecular formula is C14H20N2O3. The van der Waals surface area contributed by atoms with E-state index in [2.05, 4.69) is 5.32 Å². The van der Waals surface area contributed by atoms with Crippen LogP contribution in [-0.2, 0) is 0 Å². The number of nitrogens with one attached hydrogen (secondary N) is 1. The summed E-state index contributed by atoms with van der Waals surface area (Å²) in [7, 11) is 1.95. The lowest BCUT2D eigenvalue weighted by atomic mass is 9.92. The van der Waals surface area contributed by atoms with Crippen LogP contribution in [0.3, 0.4) is 0 Å². The molecule has 0 bridgehead atoms.